The summed E-state index contributed by atoms with van der Waals surface area (Å²) in [6.07, 6.45) is 1.13. The number of benzene rings is 1. The SMILES string of the molecule is CC(C)Oc1ccccc1C(=O)C1CC1C. The maximum Gasteiger partial charge on any atom is 0.169 e. The van der Waals surface area contributed by atoms with Crippen molar-refractivity contribution in [3.8, 4) is 5.75 Å². The maximum absolute atomic E-state index is 12.1. The van der Waals surface area contributed by atoms with Crippen LogP contribution in [0.5, 0.6) is 5.75 Å². The topological polar surface area (TPSA) is 26.3 Å². The van der Waals surface area contributed by atoms with Gasteiger partial charge in [-0.3, -0.25) is 4.79 Å². The minimum Gasteiger partial charge on any atom is -0.490 e. The molecular formula is C14H18O2. The van der Waals surface area contributed by atoms with Crippen LogP contribution in [0.3, 0.4) is 0 Å². The number of carbonyl (C=O) groups is 1. The minimum atomic E-state index is 0.102. The molecule has 0 heterocycles. The van der Waals surface area contributed by atoms with E-state index < -0.39 is 0 Å². The molecule has 2 heteroatoms. The average Bonchev–Trinajstić information content (AvgIpc) is 2.94. The molecule has 1 aromatic rings. The molecule has 1 fully saturated rings. The Labute approximate surface area is 96.6 Å². The molecule has 16 heavy (non-hydrogen) atoms. The van der Waals surface area contributed by atoms with E-state index in [2.05, 4.69) is 6.92 Å². The van der Waals surface area contributed by atoms with Gasteiger partial charge in [0.15, 0.2) is 5.78 Å². The summed E-state index contributed by atoms with van der Waals surface area (Å²) in [5.74, 6) is 1.72. The molecule has 0 N–H and O–H groups in total. The number of hydrogen-bond donors (Lipinski definition) is 0. The van der Waals surface area contributed by atoms with Crippen molar-refractivity contribution in [3.63, 3.8) is 0 Å². The fraction of sp³-hybridized carbons (Fsp3) is 0.500. The smallest absolute Gasteiger partial charge is 0.169 e. The first-order chi connectivity index (χ1) is 7.59. The van der Waals surface area contributed by atoms with Crippen molar-refractivity contribution < 1.29 is 9.53 Å². The lowest BCUT2D eigenvalue weighted by molar-refractivity contribution is 0.0956. The molecule has 2 rings (SSSR count). The molecule has 1 aromatic carbocycles. The summed E-state index contributed by atoms with van der Waals surface area (Å²) in [5.41, 5.74) is 0.741. The van der Waals surface area contributed by atoms with Crippen LogP contribution in [-0.2, 0) is 0 Å². The molecule has 86 valence electrons. The van der Waals surface area contributed by atoms with Crippen LogP contribution >= 0.6 is 0 Å². The van der Waals surface area contributed by atoms with Crippen LogP contribution in [-0.4, -0.2) is 11.9 Å². The van der Waals surface area contributed by atoms with Crippen molar-refractivity contribution in [2.75, 3.05) is 0 Å². The molecule has 0 aromatic heterocycles. The number of rotatable bonds is 4. The molecule has 1 aliphatic carbocycles. The predicted molar refractivity (Wildman–Crippen MR) is 63.8 cm³/mol. The second-order valence-corrected chi connectivity index (χ2v) is 4.85. The van der Waals surface area contributed by atoms with Crippen molar-refractivity contribution in [2.45, 2.75) is 33.3 Å². The summed E-state index contributed by atoms with van der Waals surface area (Å²) < 4.78 is 5.66. The molecule has 2 nitrogen and oxygen atoms in total. The van der Waals surface area contributed by atoms with E-state index in [1.54, 1.807) is 0 Å². The van der Waals surface area contributed by atoms with Gasteiger partial charge in [0.25, 0.3) is 0 Å². The van der Waals surface area contributed by atoms with Gasteiger partial charge >= 0.3 is 0 Å². The van der Waals surface area contributed by atoms with Crippen LogP contribution in [0.2, 0.25) is 0 Å². The fourth-order valence-electron chi connectivity index (χ4n) is 1.91. The molecule has 1 saturated carbocycles. The fourth-order valence-corrected chi connectivity index (χ4v) is 1.91. The molecule has 2 atom stereocenters. The third-order valence-corrected chi connectivity index (χ3v) is 2.96. The number of hydrogen-bond acceptors (Lipinski definition) is 2. The Morgan fingerprint density at radius 2 is 2.00 bits per heavy atom. The molecule has 0 radical (unpaired) electrons. The van der Waals surface area contributed by atoms with Crippen LogP contribution in [0, 0.1) is 11.8 Å². The minimum absolute atomic E-state index is 0.102. The highest BCUT2D eigenvalue weighted by Crippen LogP contribution is 2.41. The molecule has 0 saturated heterocycles. The Kier molecular flexibility index (Phi) is 2.99. The Morgan fingerprint density at radius 3 is 2.56 bits per heavy atom. The van der Waals surface area contributed by atoms with Gasteiger partial charge in [-0.2, -0.15) is 0 Å². The van der Waals surface area contributed by atoms with Gasteiger partial charge in [0.2, 0.25) is 0 Å². The summed E-state index contributed by atoms with van der Waals surface area (Å²) in [5, 5.41) is 0. The van der Waals surface area contributed by atoms with Crippen molar-refractivity contribution in [3.05, 3.63) is 29.8 Å². The van der Waals surface area contributed by atoms with E-state index in [0.29, 0.717) is 5.92 Å². The van der Waals surface area contributed by atoms with E-state index >= 15 is 0 Å². The van der Waals surface area contributed by atoms with Gasteiger partial charge in [0, 0.05) is 5.92 Å². The molecule has 0 aliphatic heterocycles. The van der Waals surface area contributed by atoms with E-state index in [9.17, 15) is 4.79 Å². The van der Waals surface area contributed by atoms with Gasteiger partial charge in [-0.05, 0) is 38.3 Å². The van der Waals surface area contributed by atoms with Crippen LogP contribution < -0.4 is 4.74 Å². The predicted octanol–water partition coefficient (Wildman–Crippen LogP) is 3.31. The Morgan fingerprint density at radius 1 is 1.38 bits per heavy atom. The number of ether oxygens (including phenoxy) is 1. The van der Waals surface area contributed by atoms with Crippen LogP contribution in [0.4, 0.5) is 0 Å². The first-order valence-electron chi connectivity index (χ1n) is 5.89. The van der Waals surface area contributed by atoms with Crippen molar-refractivity contribution in [1.82, 2.24) is 0 Å². The number of ketones is 1. The Balaban J connectivity index is 2.22. The molecule has 2 unspecified atom stereocenters. The zero-order chi connectivity index (χ0) is 11.7. The zero-order valence-electron chi connectivity index (χ0n) is 10.1. The van der Waals surface area contributed by atoms with E-state index in [4.69, 9.17) is 4.74 Å². The van der Waals surface area contributed by atoms with Gasteiger partial charge in [-0.15, -0.1) is 0 Å². The van der Waals surface area contributed by atoms with Crippen LogP contribution in [0.15, 0.2) is 24.3 Å². The number of Topliss-reactive ketones (excluding diaryl/α,β-unsaturated/α-hetero) is 1. The van der Waals surface area contributed by atoms with Gasteiger partial charge < -0.3 is 4.74 Å². The van der Waals surface area contributed by atoms with Crippen LogP contribution in [0.1, 0.15) is 37.6 Å². The lowest BCUT2D eigenvalue weighted by atomic mass is 10.1. The highest BCUT2D eigenvalue weighted by molar-refractivity contribution is 6.01. The molecule has 0 amide bonds. The van der Waals surface area contributed by atoms with Gasteiger partial charge in [-0.25, -0.2) is 0 Å². The third-order valence-electron chi connectivity index (χ3n) is 2.96. The van der Waals surface area contributed by atoms with Gasteiger partial charge in [0.1, 0.15) is 5.75 Å². The summed E-state index contributed by atoms with van der Waals surface area (Å²) in [6, 6.07) is 7.55. The van der Waals surface area contributed by atoms with E-state index in [-0.39, 0.29) is 17.8 Å². The highest BCUT2D eigenvalue weighted by Gasteiger charge is 2.40. The number of carbonyl (C=O) groups excluding carboxylic acids is 1. The largest absolute Gasteiger partial charge is 0.490 e. The molecule has 0 bridgehead atoms. The second kappa shape index (κ2) is 4.28. The third kappa shape index (κ3) is 2.26. The van der Waals surface area contributed by atoms with Gasteiger partial charge in [-0.1, -0.05) is 19.1 Å². The molecule has 0 spiro atoms. The summed E-state index contributed by atoms with van der Waals surface area (Å²) in [6.45, 7) is 6.07. The number of para-hydroxylation sites is 1. The van der Waals surface area contributed by atoms with Crippen LogP contribution in [0.25, 0.3) is 0 Å². The standard InChI is InChI=1S/C14H18O2/c1-9(2)16-13-7-5-4-6-11(13)14(15)12-8-10(12)3/h4-7,9-10,12H,8H2,1-3H3. The lowest BCUT2D eigenvalue weighted by Gasteiger charge is -2.13. The van der Waals surface area contributed by atoms with E-state index in [1.807, 2.05) is 38.1 Å². The normalized spacial score (nSPS) is 23.2. The van der Waals surface area contributed by atoms with Crippen molar-refractivity contribution in [2.24, 2.45) is 11.8 Å². The maximum atomic E-state index is 12.1. The average molecular weight is 218 g/mol. The summed E-state index contributed by atoms with van der Waals surface area (Å²) >= 11 is 0. The monoisotopic (exact) mass is 218 g/mol. The van der Waals surface area contributed by atoms with E-state index in [0.717, 1.165) is 17.7 Å². The van der Waals surface area contributed by atoms with Gasteiger partial charge in [0.05, 0.1) is 11.7 Å². The summed E-state index contributed by atoms with van der Waals surface area (Å²) in [7, 11) is 0. The Hall–Kier alpha value is -1.31. The molecule has 1 aliphatic rings. The quantitative estimate of drug-likeness (QED) is 0.725. The zero-order valence-corrected chi connectivity index (χ0v) is 10.1. The lowest BCUT2D eigenvalue weighted by Crippen LogP contribution is -2.11. The first-order valence-corrected chi connectivity index (χ1v) is 5.89. The van der Waals surface area contributed by atoms with E-state index in [1.165, 1.54) is 0 Å². The Bertz CT molecular complexity index is 395. The first kappa shape index (κ1) is 11.2. The summed E-state index contributed by atoms with van der Waals surface area (Å²) in [4.78, 5) is 12.1. The second-order valence-electron chi connectivity index (χ2n) is 4.85. The highest BCUT2D eigenvalue weighted by atomic mass is 16.5. The van der Waals surface area contributed by atoms with Crippen molar-refractivity contribution >= 4 is 5.78 Å². The molecular weight excluding hydrogens is 200 g/mol. The van der Waals surface area contributed by atoms with Crippen molar-refractivity contribution in [1.29, 1.82) is 0 Å².